The first-order chi connectivity index (χ1) is 7.92. The highest BCUT2D eigenvalue weighted by molar-refractivity contribution is 4.84. The topological polar surface area (TPSA) is 47.3 Å². The summed E-state index contributed by atoms with van der Waals surface area (Å²) >= 11 is 0. The molecule has 1 saturated carbocycles. The number of hydrogen-bond acceptors (Lipinski definition) is 3. The van der Waals surface area contributed by atoms with Crippen LogP contribution in [0.2, 0.25) is 0 Å². The Morgan fingerprint density at radius 3 is 2.00 bits per heavy atom. The van der Waals surface area contributed by atoms with Crippen molar-refractivity contribution < 1.29 is 4.74 Å². The second-order valence-electron chi connectivity index (χ2n) is 5.39. The van der Waals surface area contributed by atoms with Crippen LogP contribution in [-0.4, -0.2) is 19.3 Å². The molecule has 3 N–H and O–H groups in total. The van der Waals surface area contributed by atoms with Crippen LogP contribution >= 0.6 is 0 Å². The quantitative estimate of drug-likeness (QED) is 0.441. The average Bonchev–Trinajstić information content (AvgIpc) is 2.61. The molecule has 1 atom stereocenters. The molecular weight excluding hydrogens is 200 g/mol. The fourth-order valence-corrected chi connectivity index (χ4v) is 3.40. The van der Waals surface area contributed by atoms with Crippen LogP contribution in [0.3, 0.4) is 0 Å². The van der Waals surface area contributed by atoms with E-state index in [-0.39, 0.29) is 0 Å². The summed E-state index contributed by atoms with van der Waals surface area (Å²) in [5.74, 6) is 7.33. The van der Waals surface area contributed by atoms with Crippen LogP contribution in [0.25, 0.3) is 0 Å². The molecule has 1 heterocycles. The van der Waals surface area contributed by atoms with E-state index >= 15 is 0 Å². The first kappa shape index (κ1) is 12.3. The molecule has 1 aliphatic heterocycles. The van der Waals surface area contributed by atoms with Crippen LogP contribution in [0.1, 0.15) is 51.4 Å². The van der Waals surface area contributed by atoms with Gasteiger partial charge in [0.25, 0.3) is 0 Å². The van der Waals surface area contributed by atoms with Crippen molar-refractivity contribution in [1.29, 1.82) is 0 Å². The lowest BCUT2D eigenvalue weighted by Crippen LogP contribution is -2.47. The predicted octanol–water partition coefficient (Wildman–Crippen LogP) is 2.22. The maximum Gasteiger partial charge on any atom is 0.0469 e. The number of rotatable bonds is 3. The second kappa shape index (κ2) is 6.58. The third-order valence-corrected chi connectivity index (χ3v) is 4.37. The van der Waals surface area contributed by atoms with E-state index in [1.54, 1.807) is 0 Å². The lowest BCUT2D eigenvalue weighted by atomic mass is 9.80. The van der Waals surface area contributed by atoms with Gasteiger partial charge < -0.3 is 4.74 Å². The van der Waals surface area contributed by atoms with Crippen LogP contribution in [0.4, 0.5) is 0 Å². The van der Waals surface area contributed by atoms with Crippen molar-refractivity contribution in [2.75, 3.05) is 13.2 Å². The van der Waals surface area contributed by atoms with Crippen molar-refractivity contribution in [3.63, 3.8) is 0 Å². The lowest BCUT2D eigenvalue weighted by Gasteiger charge is -2.35. The third-order valence-electron chi connectivity index (χ3n) is 4.37. The van der Waals surface area contributed by atoms with E-state index in [0.717, 1.165) is 25.0 Å². The molecule has 3 heteroatoms. The summed E-state index contributed by atoms with van der Waals surface area (Å²) in [6.45, 7) is 1.85. The highest BCUT2D eigenvalue weighted by Crippen LogP contribution is 2.31. The van der Waals surface area contributed by atoms with Crippen molar-refractivity contribution in [3.05, 3.63) is 0 Å². The highest BCUT2D eigenvalue weighted by atomic mass is 16.5. The van der Waals surface area contributed by atoms with E-state index in [1.807, 2.05) is 0 Å². The zero-order chi connectivity index (χ0) is 11.2. The van der Waals surface area contributed by atoms with Crippen molar-refractivity contribution in [1.82, 2.24) is 5.43 Å². The van der Waals surface area contributed by atoms with Crippen molar-refractivity contribution >= 4 is 0 Å². The number of hydrogen-bond donors (Lipinski definition) is 2. The Bertz CT molecular complexity index is 184. The van der Waals surface area contributed by atoms with Crippen molar-refractivity contribution in [2.45, 2.75) is 57.4 Å². The van der Waals surface area contributed by atoms with E-state index in [2.05, 4.69) is 5.43 Å². The van der Waals surface area contributed by atoms with E-state index < -0.39 is 0 Å². The van der Waals surface area contributed by atoms with Gasteiger partial charge in [-0.3, -0.25) is 11.3 Å². The molecule has 1 aliphatic carbocycles. The van der Waals surface area contributed by atoms with E-state index in [1.165, 1.54) is 51.4 Å². The molecule has 94 valence electrons. The summed E-state index contributed by atoms with van der Waals surface area (Å²) in [4.78, 5) is 0. The second-order valence-corrected chi connectivity index (χ2v) is 5.39. The van der Waals surface area contributed by atoms with Gasteiger partial charge in [-0.05, 0) is 37.5 Å². The third kappa shape index (κ3) is 3.19. The first-order valence-electron chi connectivity index (χ1n) is 6.95. The van der Waals surface area contributed by atoms with E-state index in [9.17, 15) is 0 Å². The van der Waals surface area contributed by atoms with Gasteiger partial charge in [-0.1, -0.05) is 25.7 Å². The Balaban J connectivity index is 1.90. The number of ether oxygens (including phenoxy) is 1. The normalized spacial score (nSPS) is 27.6. The minimum absolute atomic E-state index is 0.530. The van der Waals surface area contributed by atoms with Crippen LogP contribution in [0, 0.1) is 11.8 Å². The zero-order valence-corrected chi connectivity index (χ0v) is 10.3. The van der Waals surface area contributed by atoms with Crippen molar-refractivity contribution in [2.24, 2.45) is 17.7 Å². The Morgan fingerprint density at radius 1 is 0.875 bits per heavy atom. The molecule has 1 saturated heterocycles. The fourth-order valence-electron chi connectivity index (χ4n) is 3.40. The maximum atomic E-state index is 5.79. The van der Waals surface area contributed by atoms with Gasteiger partial charge >= 0.3 is 0 Å². The number of nitrogens with two attached hydrogens (primary N) is 1. The predicted molar refractivity (Wildman–Crippen MR) is 65.8 cm³/mol. The van der Waals surface area contributed by atoms with Crippen molar-refractivity contribution in [3.8, 4) is 0 Å². The van der Waals surface area contributed by atoms with E-state index in [0.29, 0.717) is 6.04 Å². The molecule has 0 aromatic carbocycles. The van der Waals surface area contributed by atoms with Crippen LogP contribution in [0.5, 0.6) is 0 Å². The Kier molecular flexibility index (Phi) is 5.07. The zero-order valence-electron chi connectivity index (χ0n) is 10.3. The van der Waals surface area contributed by atoms with Crippen LogP contribution in [-0.2, 0) is 4.74 Å². The molecule has 0 amide bonds. The largest absolute Gasteiger partial charge is 0.381 e. The van der Waals surface area contributed by atoms with Gasteiger partial charge in [0.1, 0.15) is 0 Å². The van der Waals surface area contributed by atoms with Gasteiger partial charge in [0.15, 0.2) is 0 Å². The number of nitrogens with one attached hydrogen (secondary N) is 1. The fraction of sp³-hybridized carbons (Fsp3) is 1.00. The van der Waals surface area contributed by atoms with Gasteiger partial charge in [0, 0.05) is 19.3 Å². The summed E-state index contributed by atoms with van der Waals surface area (Å²) < 4.78 is 5.44. The van der Waals surface area contributed by atoms with Gasteiger partial charge in [0.2, 0.25) is 0 Å². The van der Waals surface area contributed by atoms with Gasteiger partial charge in [-0.2, -0.15) is 0 Å². The summed E-state index contributed by atoms with van der Waals surface area (Å²) in [6, 6.07) is 0.530. The first-order valence-corrected chi connectivity index (χ1v) is 6.95. The molecule has 2 fully saturated rings. The summed E-state index contributed by atoms with van der Waals surface area (Å²) in [5.41, 5.74) is 3.11. The van der Waals surface area contributed by atoms with Gasteiger partial charge in [0.05, 0.1) is 0 Å². The molecule has 2 rings (SSSR count). The molecule has 1 unspecified atom stereocenters. The monoisotopic (exact) mass is 226 g/mol. The summed E-state index contributed by atoms with van der Waals surface area (Å²) in [6.07, 6.45) is 10.7. The average molecular weight is 226 g/mol. The molecular formula is C13H26N2O. The molecule has 0 aromatic heterocycles. The Labute approximate surface area is 99.1 Å². The standard InChI is InChI=1S/C13H26N2O/c14-15-13(12-7-9-16-10-8-12)11-5-3-1-2-4-6-11/h11-13,15H,1-10,14H2. The molecule has 3 nitrogen and oxygen atoms in total. The molecule has 0 spiro atoms. The Morgan fingerprint density at radius 2 is 1.44 bits per heavy atom. The number of hydrazine groups is 1. The molecule has 16 heavy (non-hydrogen) atoms. The molecule has 2 aliphatic rings. The van der Waals surface area contributed by atoms with Gasteiger partial charge in [-0.25, -0.2) is 0 Å². The summed E-state index contributed by atoms with van der Waals surface area (Å²) in [5, 5.41) is 0. The minimum atomic E-state index is 0.530. The summed E-state index contributed by atoms with van der Waals surface area (Å²) in [7, 11) is 0. The highest BCUT2D eigenvalue weighted by Gasteiger charge is 2.30. The maximum absolute atomic E-state index is 5.79. The SMILES string of the molecule is NNC(C1CCCCCC1)C1CCOCC1. The molecule has 0 aromatic rings. The van der Waals surface area contributed by atoms with Crippen LogP contribution in [0.15, 0.2) is 0 Å². The smallest absolute Gasteiger partial charge is 0.0469 e. The van der Waals surface area contributed by atoms with Crippen LogP contribution < -0.4 is 11.3 Å². The lowest BCUT2D eigenvalue weighted by molar-refractivity contribution is 0.0428. The van der Waals surface area contributed by atoms with Gasteiger partial charge in [-0.15, -0.1) is 0 Å². The minimum Gasteiger partial charge on any atom is -0.381 e. The van der Waals surface area contributed by atoms with E-state index in [4.69, 9.17) is 10.6 Å². The Hall–Kier alpha value is -0.120. The molecule has 0 radical (unpaired) electrons. The molecule has 0 bridgehead atoms.